The van der Waals surface area contributed by atoms with Crippen LogP contribution in [0.15, 0.2) is 36.4 Å². The van der Waals surface area contributed by atoms with Crippen LogP contribution in [-0.2, 0) is 6.42 Å². The van der Waals surface area contributed by atoms with Crippen LogP contribution in [0.2, 0.25) is 0 Å². The molecule has 0 aromatic heterocycles. The summed E-state index contributed by atoms with van der Waals surface area (Å²) < 4.78 is 6.15. The molecule has 2 rings (SSSR count). The van der Waals surface area contributed by atoms with Crippen LogP contribution in [0.1, 0.15) is 32.3 Å². The number of fused-ring (bicyclic) bond motifs is 1. The first-order valence-electron chi connectivity index (χ1n) is 7.17. The Morgan fingerprint density at radius 2 is 1.79 bits per heavy atom. The molecule has 0 unspecified atom stereocenters. The van der Waals surface area contributed by atoms with Gasteiger partial charge in [0.05, 0.1) is 6.10 Å². The van der Waals surface area contributed by atoms with Gasteiger partial charge in [-0.15, -0.1) is 0 Å². The van der Waals surface area contributed by atoms with E-state index in [9.17, 15) is 0 Å². The average molecular weight is 257 g/mol. The van der Waals surface area contributed by atoms with E-state index in [0.29, 0.717) is 6.54 Å². The average Bonchev–Trinajstić information content (AvgIpc) is 2.46. The molecule has 0 saturated carbocycles. The molecule has 0 fully saturated rings. The van der Waals surface area contributed by atoms with Crippen molar-refractivity contribution >= 4 is 10.8 Å². The van der Waals surface area contributed by atoms with Crippen LogP contribution < -0.4 is 10.5 Å². The number of hydrogen-bond donors (Lipinski definition) is 1. The Kier molecular flexibility index (Phi) is 4.80. The zero-order valence-corrected chi connectivity index (χ0v) is 11.9. The van der Waals surface area contributed by atoms with Gasteiger partial charge in [0, 0.05) is 5.56 Å². The lowest BCUT2D eigenvalue weighted by atomic mass is 10.0. The summed E-state index contributed by atoms with van der Waals surface area (Å²) >= 11 is 0. The molecule has 0 amide bonds. The molecule has 2 N–H and O–H groups in total. The summed E-state index contributed by atoms with van der Waals surface area (Å²) in [6.07, 6.45) is 3.21. The second-order valence-electron chi connectivity index (χ2n) is 4.86. The van der Waals surface area contributed by atoms with Crippen LogP contribution in [0.5, 0.6) is 5.75 Å². The van der Waals surface area contributed by atoms with E-state index in [1.807, 2.05) is 0 Å². The van der Waals surface area contributed by atoms with Crippen LogP contribution in [-0.4, -0.2) is 12.6 Å². The van der Waals surface area contributed by atoms with E-state index in [0.717, 1.165) is 25.0 Å². The van der Waals surface area contributed by atoms with Gasteiger partial charge >= 0.3 is 0 Å². The first-order chi connectivity index (χ1) is 9.30. The third kappa shape index (κ3) is 3.07. The largest absolute Gasteiger partial charge is 0.490 e. The van der Waals surface area contributed by atoms with Gasteiger partial charge in [-0.25, -0.2) is 0 Å². The zero-order chi connectivity index (χ0) is 13.7. The molecule has 0 atom stereocenters. The summed E-state index contributed by atoms with van der Waals surface area (Å²) in [7, 11) is 0. The summed E-state index contributed by atoms with van der Waals surface area (Å²) in [4.78, 5) is 0. The first kappa shape index (κ1) is 13.9. The molecule has 0 spiro atoms. The van der Waals surface area contributed by atoms with Crippen LogP contribution in [0.3, 0.4) is 0 Å². The lowest BCUT2D eigenvalue weighted by Gasteiger charge is -2.19. The topological polar surface area (TPSA) is 35.2 Å². The Labute approximate surface area is 115 Å². The number of nitrogens with two attached hydrogens (primary N) is 1. The van der Waals surface area contributed by atoms with E-state index < -0.39 is 0 Å². The second-order valence-corrected chi connectivity index (χ2v) is 4.86. The van der Waals surface area contributed by atoms with Gasteiger partial charge in [-0.2, -0.15) is 0 Å². The van der Waals surface area contributed by atoms with Gasteiger partial charge < -0.3 is 10.5 Å². The van der Waals surface area contributed by atoms with Crippen LogP contribution in [0.4, 0.5) is 0 Å². The molecule has 0 aliphatic carbocycles. The maximum atomic E-state index is 6.15. The van der Waals surface area contributed by atoms with Crippen molar-refractivity contribution in [2.45, 2.75) is 39.2 Å². The van der Waals surface area contributed by atoms with Crippen molar-refractivity contribution in [3.8, 4) is 5.75 Å². The number of ether oxygens (including phenoxy) is 1. The maximum Gasteiger partial charge on any atom is 0.123 e. The van der Waals surface area contributed by atoms with Gasteiger partial charge in [0.25, 0.3) is 0 Å². The fourth-order valence-corrected chi connectivity index (χ4v) is 2.46. The number of hydrogen-bond acceptors (Lipinski definition) is 2. The number of rotatable bonds is 6. The SMILES string of the molecule is CCC(CC)Oc1ccc2ccccc2c1CCN. The smallest absolute Gasteiger partial charge is 0.123 e. The second kappa shape index (κ2) is 6.58. The normalized spacial score (nSPS) is 11.2. The summed E-state index contributed by atoms with van der Waals surface area (Å²) in [5, 5.41) is 2.51. The van der Waals surface area contributed by atoms with Crippen molar-refractivity contribution in [2.24, 2.45) is 5.73 Å². The minimum Gasteiger partial charge on any atom is -0.490 e. The van der Waals surface area contributed by atoms with Crippen molar-refractivity contribution in [2.75, 3.05) is 6.54 Å². The summed E-state index contributed by atoms with van der Waals surface area (Å²) in [5.74, 6) is 0.998. The van der Waals surface area contributed by atoms with E-state index in [1.165, 1.54) is 16.3 Å². The molecule has 2 nitrogen and oxygen atoms in total. The highest BCUT2D eigenvalue weighted by Crippen LogP contribution is 2.29. The predicted molar refractivity (Wildman–Crippen MR) is 81.7 cm³/mol. The van der Waals surface area contributed by atoms with Gasteiger partial charge in [0.2, 0.25) is 0 Å². The Hall–Kier alpha value is -1.54. The molecule has 2 heteroatoms. The van der Waals surface area contributed by atoms with Crippen molar-refractivity contribution in [1.29, 1.82) is 0 Å². The lowest BCUT2D eigenvalue weighted by molar-refractivity contribution is 0.191. The Balaban J connectivity index is 2.44. The number of benzene rings is 2. The summed E-state index contributed by atoms with van der Waals surface area (Å²) in [6.45, 7) is 4.98. The van der Waals surface area contributed by atoms with Crippen molar-refractivity contribution < 1.29 is 4.74 Å². The molecular formula is C17H23NO. The molecule has 2 aromatic rings. The van der Waals surface area contributed by atoms with E-state index in [4.69, 9.17) is 10.5 Å². The molecule has 0 heterocycles. The fraction of sp³-hybridized carbons (Fsp3) is 0.412. The molecule has 0 radical (unpaired) electrons. The van der Waals surface area contributed by atoms with Crippen molar-refractivity contribution in [1.82, 2.24) is 0 Å². The van der Waals surface area contributed by atoms with E-state index >= 15 is 0 Å². The van der Waals surface area contributed by atoms with Crippen molar-refractivity contribution in [3.63, 3.8) is 0 Å². The quantitative estimate of drug-likeness (QED) is 0.851. The third-order valence-electron chi connectivity index (χ3n) is 3.60. The standard InChI is InChI=1S/C17H23NO/c1-3-14(4-2)19-17-10-9-13-7-5-6-8-15(13)16(17)11-12-18/h5-10,14H,3-4,11-12,18H2,1-2H3. The summed E-state index contributed by atoms with van der Waals surface area (Å²) in [6, 6.07) is 12.6. The van der Waals surface area contributed by atoms with E-state index in [-0.39, 0.29) is 6.10 Å². The minimum atomic E-state index is 0.290. The molecule has 0 aliphatic heterocycles. The minimum absolute atomic E-state index is 0.290. The predicted octanol–water partition coefficient (Wildman–Crippen LogP) is 3.91. The molecule has 0 bridgehead atoms. The zero-order valence-electron chi connectivity index (χ0n) is 11.9. The third-order valence-corrected chi connectivity index (χ3v) is 3.60. The molecule has 0 aliphatic rings. The molecule has 2 aromatic carbocycles. The summed E-state index contributed by atoms with van der Waals surface area (Å²) in [5.41, 5.74) is 7.00. The maximum absolute atomic E-state index is 6.15. The Bertz CT molecular complexity index is 532. The van der Waals surface area contributed by atoms with Crippen LogP contribution in [0, 0.1) is 0 Å². The van der Waals surface area contributed by atoms with E-state index in [2.05, 4.69) is 50.2 Å². The first-order valence-corrected chi connectivity index (χ1v) is 7.17. The molecular weight excluding hydrogens is 234 g/mol. The van der Waals surface area contributed by atoms with Gasteiger partial charge in [-0.05, 0) is 42.6 Å². The highest BCUT2D eigenvalue weighted by atomic mass is 16.5. The monoisotopic (exact) mass is 257 g/mol. The molecule has 19 heavy (non-hydrogen) atoms. The molecule has 0 saturated heterocycles. The van der Waals surface area contributed by atoms with Gasteiger partial charge in [-0.3, -0.25) is 0 Å². The van der Waals surface area contributed by atoms with Crippen LogP contribution in [0.25, 0.3) is 10.8 Å². The highest BCUT2D eigenvalue weighted by molar-refractivity contribution is 5.87. The van der Waals surface area contributed by atoms with Gasteiger partial charge in [-0.1, -0.05) is 44.2 Å². The van der Waals surface area contributed by atoms with Crippen molar-refractivity contribution in [3.05, 3.63) is 42.0 Å². The highest BCUT2D eigenvalue weighted by Gasteiger charge is 2.11. The fourth-order valence-electron chi connectivity index (χ4n) is 2.46. The van der Waals surface area contributed by atoms with Gasteiger partial charge in [0.15, 0.2) is 0 Å². The van der Waals surface area contributed by atoms with Gasteiger partial charge in [0.1, 0.15) is 5.75 Å². The molecule has 102 valence electrons. The van der Waals surface area contributed by atoms with Crippen LogP contribution >= 0.6 is 0 Å². The van der Waals surface area contributed by atoms with E-state index in [1.54, 1.807) is 0 Å². The Morgan fingerprint density at radius 1 is 1.05 bits per heavy atom. The lowest BCUT2D eigenvalue weighted by Crippen LogP contribution is -2.15. The Morgan fingerprint density at radius 3 is 2.47 bits per heavy atom.